The molecule has 2 heteroatoms. The monoisotopic (exact) mass is 268 g/mol. The molecule has 0 bridgehead atoms. The Labute approximate surface area is 99.6 Å². The van der Waals surface area contributed by atoms with E-state index in [-0.39, 0.29) is 6.10 Å². The molecule has 0 saturated heterocycles. The van der Waals surface area contributed by atoms with Crippen LogP contribution in [0.25, 0.3) is 0 Å². The van der Waals surface area contributed by atoms with Gasteiger partial charge in [-0.3, -0.25) is 0 Å². The average molecular weight is 269 g/mol. The molecule has 2 rings (SSSR count). The Morgan fingerprint density at radius 2 is 2.07 bits per heavy atom. The molecule has 1 aliphatic carbocycles. The predicted octanol–water partition coefficient (Wildman–Crippen LogP) is 3.83. The standard InChI is InChI=1S/C13H17BrO/c1-8-7-11(14)9(2)13-10(8)5-3-4-6-12(13)15/h7,12,15H,3-6H2,1-2H3/t12-/m0/s1. The fraction of sp³-hybridized carbons (Fsp3) is 0.538. The van der Waals surface area contributed by atoms with Crippen molar-refractivity contribution in [1.82, 2.24) is 0 Å². The molecule has 0 radical (unpaired) electrons. The Morgan fingerprint density at radius 1 is 1.33 bits per heavy atom. The lowest BCUT2D eigenvalue weighted by atomic mass is 9.92. The van der Waals surface area contributed by atoms with Gasteiger partial charge in [0, 0.05) is 4.47 Å². The minimum atomic E-state index is -0.265. The maximum Gasteiger partial charge on any atom is 0.0795 e. The van der Waals surface area contributed by atoms with Crippen molar-refractivity contribution in [1.29, 1.82) is 0 Å². The summed E-state index contributed by atoms with van der Waals surface area (Å²) in [6.07, 6.45) is 4.09. The summed E-state index contributed by atoms with van der Waals surface area (Å²) in [5.41, 5.74) is 5.08. The molecule has 1 aromatic carbocycles. The molecule has 82 valence electrons. The van der Waals surface area contributed by atoms with Crippen LogP contribution in [-0.4, -0.2) is 5.11 Å². The van der Waals surface area contributed by atoms with Crippen molar-refractivity contribution >= 4 is 15.9 Å². The van der Waals surface area contributed by atoms with E-state index < -0.39 is 0 Å². The smallest absolute Gasteiger partial charge is 0.0795 e. The second kappa shape index (κ2) is 4.26. The molecule has 0 saturated carbocycles. The van der Waals surface area contributed by atoms with E-state index in [1.54, 1.807) is 0 Å². The minimum Gasteiger partial charge on any atom is -0.388 e. The number of rotatable bonds is 0. The lowest BCUT2D eigenvalue weighted by molar-refractivity contribution is 0.166. The van der Waals surface area contributed by atoms with Crippen LogP contribution >= 0.6 is 15.9 Å². The Kier molecular flexibility index (Phi) is 3.17. The Morgan fingerprint density at radius 3 is 2.80 bits per heavy atom. The maximum absolute atomic E-state index is 10.2. The molecule has 0 amide bonds. The highest BCUT2D eigenvalue weighted by molar-refractivity contribution is 9.10. The predicted molar refractivity (Wildman–Crippen MR) is 66.1 cm³/mol. The second-order valence-corrected chi connectivity index (χ2v) is 5.31. The SMILES string of the molecule is Cc1cc(Br)c(C)c2c1CCCC[C@@H]2O. The van der Waals surface area contributed by atoms with Gasteiger partial charge in [-0.2, -0.15) is 0 Å². The summed E-state index contributed by atoms with van der Waals surface area (Å²) in [7, 11) is 0. The van der Waals surface area contributed by atoms with Gasteiger partial charge in [0.25, 0.3) is 0 Å². The summed E-state index contributed by atoms with van der Waals surface area (Å²) in [5.74, 6) is 0. The minimum absolute atomic E-state index is 0.265. The van der Waals surface area contributed by atoms with Crippen LogP contribution in [-0.2, 0) is 6.42 Å². The van der Waals surface area contributed by atoms with E-state index in [1.807, 2.05) is 0 Å². The summed E-state index contributed by atoms with van der Waals surface area (Å²) in [5, 5.41) is 10.2. The number of benzene rings is 1. The van der Waals surface area contributed by atoms with Crippen LogP contribution in [0.5, 0.6) is 0 Å². The van der Waals surface area contributed by atoms with Crippen molar-refractivity contribution in [3.05, 3.63) is 32.8 Å². The number of halogens is 1. The van der Waals surface area contributed by atoms with Gasteiger partial charge in [0.15, 0.2) is 0 Å². The summed E-state index contributed by atoms with van der Waals surface area (Å²) in [6, 6.07) is 2.17. The summed E-state index contributed by atoms with van der Waals surface area (Å²) in [4.78, 5) is 0. The highest BCUT2D eigenvalue weighted by atomic mass is 79.9. The molecule has 0 unspecified atom stereocenters. The molecule has 1 atom stereocenters. The van der Waals surface area contributed by atoms with Crippen LogP contribution in [0.15, 0.2) is 10.5 Å². The number of hydrogen-bond donors (Lipinski definition) is 1. The van der Waals surface area contributed by atoms with E-state index in [1.165, 1.54) is 28.7 Å². The number of aryl methyl sites for hydroxylation is 1. The Hall–Kier alpha value is -0.340. The lowest BCUT2D eigenvalue weighted by Crippen LogP contribution is -2.04. The first kappa shape index (κ1) is 11.2. The van der Waals surface area contributed by atoms with E-state index >= 15 is 0 Å². The molecule has 15 heavy (non-hydrogen) atoms. The first-order valence-corrected chi connectivity index (χ1v) is 6.37. The van der Waals surface area contributed by atoms with Crippen molar-refractivity contribution in [2.75, 3.05) is 0 Å². The first-order chi connectivity index (χ1) is 7.11. The van der Waals surface area contributed by atoms with E-state index in [4.69, 9.17) is 0 Å². The van der Waals surface area contributed by atoms with E-state index in [2.05, 4.69) is 35.8 Å². The zero-order valence-corrected chi connectivity index (χ0v) is 10.9. The third-order valence-corrected chi connectivity index (χ3v) is 4.22. The Bertz CT molecular complexity index is 385. The highest BCUT2D eigenvalue weighted by Crippen LogP contribution is 2.36. The number of hydrogen-bond acceptors (Lipinski definition) is 1. The molecule has 0 fully saturated rings. The van der Waals surface area contributed by atoms with Crippen LogP contribution in [0.3, 0.4) is 0 Å². The van der Waals surface area contributed by atoms with Gasteiger partial charge in [0.05, 0.1) is 6.10 Å². The van der Waals surface area contributed by atoms with Crippen molar-refractivity contribution < 1.29 is 5.11 Å². The van der Waals surface area contributed by atoms with Crippen molar-refractivity contribution in [3.63, 3.8) is 0 Å². The maximum atomic E-state index is 10.2. The number of aliphatic hydroxyl groups excluding tert-OH is 1. The van der Waals surface area contributed by atoms with Gasteiger partial charge in [0.2, 0.25) is 0 Å². The molecule has 0 aromatic heterocycles. The molecule has 1 aromatic rings. The molecular formula is C13H17BrO. The van der Waals surface area contributed by atoms with Gasteiger partial charge in [0.1, 0.15) is 0 Å². The van der Waals surface area contributed by atoms with Crippen LogP contribution in [0.1, 0.15) is 47.6 Å². The number of aliphatic hydroxyl groups is 1. The zero-order chi connectivity index (χ0) is 11.0. The van der Waals surface area contributed by atoms with E-state index in [0.29, 0.717) is 0 Å². The van der Waals surface area contributed by atoms with Gasteiger partial charge in [-0.1, -0.05) is 22.4 Å². The summed E-state index contributed by atoms with van der Waals surface area (Å²) in [6.45, 7) is 4.23. The normalized spacial score (nSPS) is 20.9. The van der Waals surface area contributed by atoms with Crippen LogP contribution in [0, 0.1) is 13.8 Å². The van der Waals surface area contributed by atoms with Gasteiger partial charge in [-0.05, 0) is 61.4 Å². The lowest BCUT2D eigenvalue weighted by Gasteiger charge is -2.18. The average Bonchev–Trinajstić information content (AvgIpc) is 2.37. The second-order valence-electron chi connectivity index (χ2n) is 4.45. The fourth-order valence-electron chi connectivity index (χ4n) is 2.52. The fourth-order valence-corrected chi connectivity index (χ4v) is 3.08. The van der Waals surface area contributed by atoms with E-state index in [0.717, 1.165) is 23.7 Å². The molecule has 1 N–H and O–H groups in total. The summed E-state index contributed by atoms with van der Waals surface area (Å²) < 4.78 is 1.12. The Balaban J connectivity index is 2.63. The highest BCUT2D eigenvalue weighted by Gasteiger charge is 2.21. The molecule has 0 heterocycles. The summed E-state index contributed by atoms with van der Waals surface area (Å²) >= 11 is 3.57. The van der Waals surface area contributed by atoms with Gasteiger partial charge >= 0.3 is 0 Å². The molecule has 1 aliphatic rings. The molecule has 1 nitrogen and oxygen atoms in total. The topological polar surface area (TPSA) is 20.2 Å². The molecule has 0 spiro atoms. The van der Waals surface area contributed by atoms with Gasteiger partial charge in [-0.15, -0.1) is 0 Å². The first-order valence-electron chi connectivity index (χ1n) is 5.58. The van der Waals surface area contributed by atoms with Crippen LogP contribution in [0.4, 0.5) is 0 Å². The largest absolute Gasteiger partial charge is 0.388 e. The van der Waals surface area contributed by atoms with Crippen LogP contribution < -0.4 is 0 Å². The third kappa shape index (κ3) is 1.98. The van der Waals surface area contributed by atoms with Crippen molar-refractivity contribution in [3.8, 4) is 0 Å². The van der Waals surface area contributed by atoms with Crippen LogP contribution in [0.2, 0.25) is 0 Å². The van der Waals surface area contributed by atoms with Crippen molar-refractivity contribution in [2.45, 2.75) is 45.6 Å². The quantitative estimate of drug-likeness (QED) is 0.710. The molecule has 0 aliphatic heterocycles. The third-order valence-electron chi connectivity index (χ3n) is 3.39. The van der Waals surface area contributed by atoms with Crippen molar-refractivity contribution in [2.24, 2.45) is 0 Å². The zero-order valence-electron chi connectivity index (χ0n) is 9.31. The number of fused-ring (bicyclic) bond motifs is 1. The van der Waals surface area contributed by atoms with Gasteiger partial charge < -0.3 is 5.11 Å². The van der Waals surface area contributed by atoms with Gasteiger partial charge in [-0.25, -0.2) is 0 Å². The van der Waals surface area contributed by atoms with E-state index in [9.17, 15) is 5.11 Å². The molecular weight excluding hydrogens is 252 g/mol.